The molecule has 1 saturated heterocycles. The summed E-state index contributed by atoms with van der Waals surface area (Å²) in [6.45, 7) is 10.6. The van der Waals surface area contributed by atoms with Gasteiger partial charge in [-0.1, -0.05) is 20.8 Å². The summed E-state index contributed by atoms with van der Waals surface area (Å²) < 4.78 is 0. The van der Waals surface area contributed by atoms with Crippen molar-refractivity contribution in [1.82, 2.24) is 24.8 Å². The molecular formula is C22H32N6O. The molecule has 1 aliphatic carbocycles. The molecule has 1 fully saturated rings. The SMILES string of the molecule is CC(=O)N1CCCC2(CCc3c(NCCc4cnc[nH]4)nc(C(C)(C)C)nc32)C1. The van der Waals surface area contributed by atoms with Crippen molar-refractivity contribution in [3.05, 3.63) is 35.3 Å². The van der Waals surface area contributed by atoms with E-state index in [1.807, 2.05) is 11.1 Å². The van der Waals surface area contributed by atoms with E-state index in [1.165, 1.54) is 11.3 Å². The van der Waals surface area contributed by atoms with Crippen LogP contribution in [-0.4, -0.2) is 50.4 Å². The Kier molecular flexibility index (Phi) is 5.09. The fraction of sp³-hybridized carbons (Fsp3) is 0.636. The molecule has 1 amide bonds. The van der Waals surface area contributed by atoms with Crippen molar-refractivity contribution < 1.29 is 4.79 Å². The van der Waals surface area contributed by atoms with Crippen molar-refractivity contribution in [2.45, 2.75) is 70.6 Å². The molecule has 0 radical (unpaired) electrons. The highest BCUT2D eigenvalue weighted by molar-refractivity contribution is 5.73. The number of aromatic amines is 1. The van der Waals surface area contributed by atoms with E-state index in [1.54, 1.807) is 13.3 Å². The van der Waals surface area contributed by atoms with Crippen LogP contribution in [0.15, 0.2) is 12.5 Å². The van der Waals surface area contributed by atoms with Gasteiger partial charge in [0.1, 0.15) is 11.6 Å². The van der Waals surface area contributed by atoms with Gasteiger partial charge in [-0.05, 0) is 25.7 Å². The largest absolute Gasteiger partial charge is 0.369 e. The molecule has 2 aromatic heterocycles. The highest BCUT2D eigenvalue weighted by atomic mass is 16.2. The Labute approximate surface area is 172 Å². The van der Waals surface area contributed by atoms with Crippen LogP contribution in [0.1, 0.15) is 69.7 Å². The van der Waals surface area contributed by atoms with Crippen LogP contribution in [0.2, 0.25) is 0 Å². The lowest BCUT2D eigenvalue weighted by Gasteiger charge is -2.40. The number of anilines is 1. The van der Waals surface area contributed by atoms with Gasteiger partial charge in [0.25, 0.3) is 0 Å². The third-order valence-corrected chi connectivity index (χ3v) is 6.30. The van der Waals surface area contributed by atoms with Gasteiger partial charge in [-0.15, -0.1) is 0 Å². The Hall–Kier alpha value is -2.44. The predicted molar refractivity (Wildman–Crippen MR) is 113 cm³/mol. The molecule has 3 heterocycles. The smallest absolute Gasteiger partial charge is 0.219 e. The minimum Gasteiger partial charge on any atom is -0.369 e. The quantitative estimate of drug-likeness (QED) is 0.830. The third kappa shape index (κ3) is 3.87. The van der Waals surface area contributed by atoms with Gasteiger partial charge < -0.3 is 15.2 Å². The molecule has 156 valence electrons. The topological polar surface area (TPSA) is 86.8 Å². The third-order valence-electron chi connectivity index (χ3n) is 6.30. The molecule has 0 bridgehead atoms. The second kappa shape index (κ2) is 7.43. The monoisotopic (exact) mass is 396 g/mol. The molecule has 0 saturated carbocycles. The van der Waals surface area contributed by atoms with E-state index in [-0.39, 0.29) is 16.7 Å². The maximum atomic E-state index is 12.1. The van der Waals surface area contributed by atoms with Crippen molar-refractivity contribution in [2.75, 3.05) is 25.0 Å². The Balaban J connectivity index is 1.66. The number of hydrogen-bond acceptors (Lipinski definition) is 5. The Morgan fingerprint density at radius 3 is 2.83 bits per heavy atom. The number of rotatable bonds is 4. The number of fused-ring (bicyclic) bond motifs is 2. The van der Waals surface area contributed by atoms with E-state index in [2.05, 4.69) is 36.1 Å². The number of imidazole rings is 1. The molecular weight excluding hydrogens is 364 g/mol. The van der Waals surface area contributed by atoms with E-state index in [0.717, 1.165) is 69.1 Å². The van der Waals surface area contributed by atoms with Crippen molar-refractivity contribution in [3.8, 4) is 0 Å². The summed E-state index contributed by atoms with van der Waals surface area (Å²) in [4.78, 5) is 31.4. The number of aromatic nitrogens is 4. The minimum atomic E-state index is -0.131. The lowest BCUT2D eigenvalue weighted by molar-refractivity contribution is -0.131. The average Bonchev–Trinajstić information content (AvgIpc) is 3.30. The van der Waals surface area contributed by atoms with E-state index in [9.17, 15) is 4.79 Å². The summed E-state index contributed by atoms with van der Waals surface area (Å²) in [7, 11) is 0. The number of hydrogen-bond donors (Lipinski definition) is 2. The normalized spacial score (nSPS) is 21.4. The summed E-state index contributed by atoms with van der Waals surface area (Å²) in [6, 6.07) is 0. The fourth-order valence-electron chi connectivity index (χ4n) is 4.66. The van der Waals surface area contributed by atoms with Gasteiger partial charge in [-0.3, -0.25) is 4.79 Å². The Morgan fingerprint density at radius 1 is 1.31 bits per heavy atom. The summed E-state index contributed by atoms with van der Waals surface area (Å²) >= 11 is 0. The molecule has 1 aliphatic heterocycles. The van der Waals surface area contributed by atoms with Crippen LogP contribution in [-0.2, 0) is 28.5 Å². The number of carbonyl (C=O) groups is 1. The highest BCUT2D eigenvalue weighted by Gasteiger charge is 2.45. The molecule has 2 aliphatic rings. The predicted octanol–water partition coefficient (Wildman–Crippen LogP) is 2.98. The molecule has 0 aromatic carbocycles. The van der Waals surface area contributed by atoms with Gasteiger partial charge in [0.2, 0.25) is 5.91 Å². The first-order valence-corrected chi connectivity index (χ1v) is 10.7. The number of H-pyrrole nitrogens is 1. The molecule has 1 atom stereocenters. The number of likely N-dealkylation sites (tertiary alicyclic amines) is 1. The zero-order valence-electron chi connectivity index (χ0n) is 18.0. The second-order valence-corrected chi connectivity index (χ2v) is 9.55. The zero-order chi connectivity index (χ0) is 20.6. The Morgan fingerprint density at radius 2 is 2.14 bits per heavy atom. The van der Waals surface area contributed by atoms with Crippen LogP contribution in [0.4, 0.5) is 5.82 Å². The lowest BCUT2D eigenvalue weighted by atomic mass is 9.77. The van der Waals surface area contributed by atoms with Crippen molar-refractivity contribution in [3.63, 3.8) is 0 Å². The first kappa shape index (κ1) is 19.9. The Bertz CT molecular complexity index is 885. The first-order valence-electron chi connectivity index (χ1n) is 10.7. The van der Waals surface area contributed by atoms with Gasteiger partial charge in [-0.25, -0.2) is 15.0 Å². The van der Waals surface area contributed by atoms with E-state index in [4.69, 9.17) is 9.97 Å². The molecule has 7 nitrogen and oxygen atoms in total. The highest BCUT2D eigenvalue weighted by Crippen LogP contribution is 2.46. The van der Waals surface area contributed by atoms with Crippen LogP contribution in [0.3, 0.4) is 0 Å². The van der Waals surface area contributed by atoms with E-state index < -0.39 is 0 Å². The molecule has 1 unspecified atom stereocenters. The van der Waals surface area contributed by atoms with Crippen LogP contribution < -0.4 is 5.32 Å². The maximum absolute atomic E-state index is 12.1. The summed E-state index contributed by atoms with van der Waals surface area (Å²) in [5, 5.41) is 3.57. The summed E-state index contributed by atoms with van der Waals surface area (Å²) in [5.41, 5.74) is 3.37. The molecule has 1 spiro atoms. The van der Waals surface area contributed by atoms with E-state index >= 15 is 0 Å². The lowest BCUT2D eigenvalue weighted by Crippen LogP contribution is -2.47. The number of nitrogens with zero attached hydrogens (tertiary/aromatic N) is 4. The number of amides is 1. The minimum absolute atomic E-state index is 0.0258. The van der Waals surface area contributed by atoms with Crippen LogP contribution in [0, 0.1) is 0 Å². The van der Waals surface area contributed by atoms with Gasteiger partial charge >= 0.3 is 0 Å². The van der Waals surface area contributed by atoms with Crippen LogP contribution in [0.25, 0.3) is 0 Å². The summed E-state index contributed by atoms with van der Waals surface area (Å²) in [5.74, 6) is 2.01. The van der Waals surface area contributed by atoms with Crippen LogP contribution >= 0.6 is 0 Å². The van der Waals surface area contributed by atoms with E-state index in [0.29, 0.717) is 0 Å². The second-order valence-electron chi connectivity index (χ2n) is 9.55. The van der Waals surface area contributed by atoms with Gasteiger partial charge in [0.05, 0.1) is 12.0 Å². The standard InChI is InChI=1S/C22H32N6O/c1-15(29)28-11-5-8-22(13-28)9-6-17-18(22)26-20(21(2,3)4)27-19(17)24-10-7-16-12-23-14-25-16/h12,14H,5-11,13H2,1-4H3,(H,23,25)(H,24,26,27). The molecule has 2 aromatic rings. The first-order chi connectivity index (χ1) is 13.8. The molecule has 2 N–H and O–H groups in total. The van der Waals surface area contributed by atoms with Crippen molar-refractivity contribution in [2.24, 2.45) is 0 Å². The molecule has 4 rings (SSSR count). The molecule has 29 heavy (non-hydrogen) atoms. The summed E-state index contributed by atoms with van der Waals surface area (Å²) in [6.07, 6.45) is 8.59. The average molecular weight is 397 g/mol. The number of nitrogens with one attached hydrogen (secondary N) is 2. The van der Waals surface area contributed by atoms with Gasteiger partial charge in [0.15, 0.2) is 0 Å². The molecule has 7 heteroatoms. The number of piperidine rings is 1. The number of carbonyl (C=O) groups excluding carboxylic acids is 1. The van der Waals surface area contributed by atoms with Gasteiger partial charge in [0, 0.05) is 61.3 Å². The van der Waals surface area contributed by atoms with Crippen molar-refractivity contribution in [1.29, 1.82) is 0 Å². The van der Waals surface area contributed by atoms with Gasteiger partial charge in [-0.2, -0.15) is 0 Å². The van der Waals surface area contributed by atoms with Crippen molar-refractivity contribution >= 4 is 11.7 Å². The van der Waals surface area contributed by atoms with Crippen LogP contribution in [0.5, 0.6) is 0 Å². The maximum Gasteiger partial charge on any atom is 0.219 e. The fourth-order valence-corrected chi connectivity index (χ4v) is 4.66. The zero-order valence-corrected chi connectivity index (χ0v) is 18.0.